The third kappa shape index (κ3) is 2.13. The molecule has 3 N–H and O–H groups in total. The number of hydrogen-bond donors (Lipinski definition) is 2. The molecule has 0 fully saturated rings. The number of amidine groups is 1. The maximum Gasteiger partial charge on any atom is 0.278 e. The van der Waals surface area contributed by atoms with Gasteiger partial charge in [-0.15, -0.1) is 0 Å². The number of likely N-dealkylation sites (N-methyl/N-ethyl adjacent to an activating group) is 1. The molecule has 0 aromatic heterocycles. The summed E-state index contributed by atoms with van der Waals surface area (Å²) in [5.41, 5.74) is 7.64. The summed E-state index contributed by atoms with van der Waals surface area (Å²) in [5, 5.41) is 17.2. The lowest BCUT2D eigenvalue weighted by Crippen LogP contribution is -2.20. The number of nitrogens with two attached hydrogens (primary N) is 1. The van der Waals surface area contributed by atoms with E-state index in [1.54, 1.807) is 19.2 Å². The van der Waals surface area contributed by atoms with E-state index in [4.69, 9.17) is 5.73 Å². The normalized spacial score (nSPS) is 17.0. The average molecular weight is 255 g/mol. The van der Waals surface area contributed by atoms with E-state index in [0.717, 1.165) is 10.7 Å². The van der Waals surface area contributed by atoms with Gasteiger partial charge >= 0.3 is 0 Å². The van der Waals surface area contributed by atoms with Crippen LogP contribution in [0.1, 0.15) is 5.56 Å². The Bertz CT molecular complexity index is 621. The standard InChI is InChI=1S/C13H13N5O/c1-16-9-5-3-8(4-6-9)10(7-14)11-12(15)17-18(2)13(11)19/h3-6,16H,1-2H3,(H2,15,17). The molecular weight excluding hydrogens is 242 g/mol. The van der Waals surface area contributed by atoms with Crippen molar-refractivity contribution in [2.45, 2.75) is 0 Å². The van der Waals surface area contributed by atoms with Crippen molar-refractivity contribution in [1.82, 2.24) is 5.01 Å². The van der Waals surface area contributed by atoms with Gasteiger partial charge in [0.05, 0.1) is 5.57 Å². The number of hydrogen-bond acceptors (Lipinski definition) is 5. The molecule has 0 radical (unpaired) electrons. The Morgan fingerprint density at radius 3 is 2.47 bits per heavy atom. The SMILES string of the molecule is CNc1ccc(C(C#N)=C2C(=O)N(C)N=C2N)cc1. The number of nitrogens with zero attached hydrogens (tertiary/aromatic N) is 3. The lowest BCUT2D eigenvalue weighted by Gasteiger charge is -2.06. The minimum absolute atomic E-state index is 0.0711. The first kappa shape index (κ1) is 12.6. The number of allylic oxidation sites excluding steroid dienone is 1. The van der Waals surface area contributed by atoms with Gasteiger partial charge in [-0.05, 0) is 17.7 Å². The summed E-state index contributed by atoms with van der Waals surface area (Å²) >= 11 is 0. The minimum atomic E-state index is -0.369. The summed E-state index contributed by atoms with van der Waals surface area (Å²) in [6.07, 6.45) is 0. The molecule has 0 unspecified atom stereocenters. The highest BCUT2D eigenvalue weighted by molar-refractivity contribution is 6.29. The Kier molecular flexibility index (Phi) is 3.21. The van der Waals surface area contributed by atoms with E-state index in [2.05, 4.69) is 10.4 Å². The number of benzene rings is 1. The summed E-state index contributed by atoms with van der Waals surface area (Å²) in [4.78, 5) is 11.9. The van der Waals surface area contributed by atoms with Crippen LogP contribution in [0.5, 0.6) is 0 Å². The summed E-state index contributed by atoms with van der Waals surface area (Å²) in [5.74, 6) is -0.298. The maximum atomic E-state index is 11.9. The molecule has 1 heterocycles. The van der Waals surface area contributed by atoms with Crippen LogP contribution < -0.4 is 11.1 Å². The second kappa shape index (κ2) is 4.82. The molecule has 2 rings (SSSR count). The molecule has 1 aromatic rings. The summed E-state index contributed by atoms with van der Waals surface area (Å²) in [7, 11) is 3.31. The third-order valence-electron chi connectivity index (χ3n) is 2.85. The fourth-order valence-corrected chi connectivity index (χ4v) is 1.83. The van der Waals surface area contributed by atoms with Crippen LogP contribution in [0.2, 0.25) is 0 Å². The quantitative estimate of drug-likeness (QED) is 0.602. The molecule has 1 amide bonds. The molecule has 0 atom stereocenters. The van der Waals surface area contributed by atoms with Crippen LogP contribution in [0.25, 0.3) is 5.57 Å². The van der Waals surface area contributed by atoms with Crippen LogP contribution >= 0.6 is 0 Å². The predicted octanol–water partition coefficient (Wildman–Crippen LogP) is 0.750. The molecule has 0 aliphatic carbocycles. The third-order valence-corrected chi connectivity index (χ3v) is 2.85. The summed E-state index contributed by atoms with van der Waals surface area (Å²) in [6, 6.07) is 9.20. The number of nitrogens with one attached hydrogen (secondary N) is 1. The van der Waals surface area contributed by atoms with Crippen molar-refractivity contribution >= 4 is 23.0 Å². The van der Waals surface area contributed by atoms with Gasteiger partial charge in [0.15, 0.2) is 5.84 Å². The van der Waals surface area contributed by atoms with Crippen molar-refractivity contribution in [3.63, 3.8) is 0 Å². The van der Waals surface area contributed by atoms with E-state index in [9.17, 15) is 10.1 Å². The fourth-order valence-electron chi connectivity index (χ4n) is 1.83. The van der Waals surface area contributed by atoms with E-state index >= 15 is 0 Å². The monoisotopic (exact) mass is 255 g/mol. The largest absolute Gasteiger partial charge is 0.388 e. The zero-order valence-electron chi connectivity index (χ0n) is 10.6. The van der Waals surface area contributed by atoms with E-state index in [1.807, 2.05) is 18.2 Å². The molecule has 6 heteroatoms. The van der Waals surface area contributed by atoms with E-state index < -0.39 is 0 Å². The molecule has 0 spiro atoms. The molecule has 0 saturated carbocycles. The zero-order chi connectivity index (χ0) is 14.0. The Labute approximate surface area is 110 Å². The number of anilines is 1. The highest BCUT2D eigenvalue weighted by Gasteiger charge is 2.29. The molecule has 0 saturated heterocycles. The zero-order valence-corrected chi connectivity index (χ0v) is 10.6. The smallest absolute Gasteiger partial charge is 0.278 e. The Hall–Kier alpha value is -2.81. The Balaban J connectivity index is 2.54. The second-order valence-electron chi connectivity index (χ2n) is 4.00. The fraction of sp³-hybridized carbons (Fsp3) is 0.154. The first-order valence-electron chi connectivity index (χ1n) is 5.63. The highest BCUT2D eigenvalue weighted by Crippen LogP contribution is 2.24. The Morgan fingerprint density at radius 2 is 2.05 bits per heavy atom. The van der Waals surface area contributed by atoms with Gasteiger partial charge in [0, 0.05) is 19.8 Å². The number of carbonyl (C=O) groups is 1. The van der Waals surface area contributed by atoms with E-state index in [-0.39, 0.29) is 22.9 Å². The van der Waals surface area contributed by atoms with Crippen molar-refractivity contribution < 1.29 is 4.79 Å². The predicted molar refractivity (Wildman–Crippen MR) is 72.9 cm³/mol. The van der Waals surface area contributed by atoms with Gasteiger partial charge in [0.25, 0.3) is 5.91 Å². The number of amides is 1. The van der Waals surface area contributed by atoms with Crippen LogP contribution in [-0.2, 0) is 4.79 Å². The molecule has 1 aliphatic rings. The van der Waals surface area contributed by atoms with Gasteiger partial charge in [0.2, 0.25) is 0 Å². The molecule has 19 heavy (non-hydrogen) atoms. The molecular formula is C13H13N5O. The number of nitriles is 1. The topological polar surface area (TPSA) is 94.5 Å². The van der Waals surface area contributed by atoms with E-state index in [1.165, 1.54) is 7.05 Å². The average Bonchev–Trinajstić information content (AvgIpc) is 2.67. The number of rotatable bonds is 2. The van der Waals surface area contributed by atoms with Crippen molar-refractivity contribution in [3.8, 4) is 6.07 Å². The van der Waals surface area contributed by atoms with Crippen LogP contribution in [0.15, 0.2) is 34.9 Å². The molecule has 6 nitrogen and oxygen atoms in total. The first-order chi connectivity index (χ1) is 9.08. The van der Waals surface area contributed by atoms with Crippen molar-refractivity contribution in [2.75, 3.05) is 19.4 Å². The molecule has 1 aliphatic heterocycles. The van der Waals surface area contributed by atoms with Crippen molar-refractivity contribution in [3.05, 3.63) is 35.4 Å². The van der Waals surface area contributed by atoms with Crippen LogP contribution in [-0.4, -0.2) is 30.8 Å². The lowest BCUT2D eigenvalue weighted by atomic mass is 10.00. The van der Waals surface area contributed by atoms with Crippen molar-refractivity contribution in [2.24, 2.45) is 10.8 Å². The second-order valence-corrected chi connectivity index (χ2v) is 4.00. The van der Waals surface area contributed by atoms with Crippen LogP contribution in [0.3, 0.4) is 0 Å². The first-order valence-corrected chi connectivity index (χ1v) is 5.63. The van der Waals surface area contributed by atoms with Crippen molar-refractivity contribution in [1.29, 1.82) is 5.26 Å². The van der Waals surface area contributed by atoms with Crippen LogP contribution in [0, 0.1) is 11.3 Å². The van der Waals surface area contributed by atoms with Gasteiger partial charge in [-0.25, -0.2) is 5.01 Å². The minimum Gasteiger partial charge on any atom is -0.388 e. The van der Waals surface area contributed by atoms with Gasteiger partial charge in [-0.3, -0.25) is 4.79 Å². The Morgan fingerprint density at radius 1 is 1.42 bits per heavy atom. The van der Waals surface area contributed by atoms with E-state index in [0.29, 0.717) is 5.56 Å². The molecule has 96 valence electrons. The van der Waals surface area contributed by atoms with Gasteiger partial charge < -0.3 is 11.1 Å². The highest BCUT2D eigenvalue weighted by atomic mass is 16.2. The molecule has 1 aromatic carbocycles. The summed E-state index contributed by atoms with van der Waals surface area (Å²) in [6.45, 7) is 0. The lowest BCUT2D eigenvalue weighted by molar-refractivity contribution is -0.124. The maximum absolute atomic E-state index is 11.9. The molecule has 0 bridgehead atoms. The number of carbonyl (C=O) groups excluding carboxylic acids is 1. The van der Waals surface area contributed by atoms with Gasteiger partial charge in [-0.2, -0.15) is 10.4 Å². The van der Waals surface area contributed by atoms with Gasteiger partial charge in [0.1, 0.15) is 11.6 Å². The van der Waals surface area contributed by atoms with Crippen LogP contribution in [0.4, 0.5) is 5.69 Å². The van der Waals surface area contributed by atoms with Gasteiger partial charge in [-0.1, -0.05) is 12.1 Å². The number of hydrazone groups is 1. The summed E-state index contributed by atoms with van der Waals surface area (Å²) < 4.78 is 0.